The average molecular weight is 280 g/mol. The van der Waals surface area contributed by atoms with E-state index in [-0.39, 0.29) is 11.9 Å². The molecule has 1 aliphatic heterocycles. The Morgan fingerprint density at radius 2 is 2.00 bits per heavy atom. The van der Waals surface area contributed by atoms with Gasteiger partial charge in [-0.25, -0.2) is 4.98 Å². The lowest BCUT2D eigenvalue weighted by atomic mass is 10.3. The van der Waals surface area contributed by atoms with E-state index in [9.17, 15) is 4.79 Å². The van der Waals surface area contributed by atoms with Crippen molar-refractivity contribution in [1.82, 2.24) is 29.9 Å². The fraction of sp³-hybridized carbons (Fsp3) is 0.769. The first kappa shape index (κ1) is 14.9. The summed E-state index contributed by atoms with van der Waals surface area (Å²) in [5.41, 5.74) is 0. The summed E-state index contributed by atoms with van der Waals surface area (Å²) in [6.07, 6.45) is 3.16. The third-order valence-corrected chi connectivity index (χ3v) is 3.61. The molecule has 0 radical (unpaired) electrons. The molecular formula is C13H24N6O. The third-order valence-electron chi connectivity index (χ3n) is 3.61. The van der Waals surface area contributed by atoms with Gasteiger partial charge in [-0.1, -0.05) is 6.92 Å². The van der Waals surface area contributed by atoms with Gasteiger partial charge < -0.3 is 10.2 Å². The molecule has 0 unspecified atom stereocenters. The van der Waals surface area contributed by atoms with Gasteiger partial charge in [-0.15, -0.1) is 0 Å². The molecule has 1 amide bonds. The smallest absolute Gasteiger partial charge is 0.234 e. The van der Waals surface area contributed by atoms with Crippen LogP contribution in [0.1, 0.15) is 13.8 Å². The van der Waals surface area contributed by atoms with Gasteiger partial charge in [-0.3, -0.25) is 14.4 Å². The fourth-order valence-corrected chi connectivity index (χ4v) is 2.44. The summed E-state index contributed by atoms with van der Waals surface area (Å²) in [5.74, 6) is 0.0857. The molecule has 1 fully saturated rings. The highest BCUT2D eigenvalue weighted by Gasteiger charge is 2.18. The minimum absolute atomic E-state index is 0.0566. The molecule has 1 N–H and O–H groups in total. The van der Waals surface area contributed by atoms with E-state index in [1.807, 2.05) is 6.92 Å². The third kappa shape index (κ3) is 4.57. The van der Waals surface area contributed by atoms with Crippen molar-refractivity contribution in [3.8, 4) is 0 Å². The number of nitrogens with zero attached hydrogens (tertiary/aromatic N) is 5. The highest BCUT2D eigenvalue weighted by molar-refractivity contribution is 5.78. The average Bonchev–Trinajstić information content (AvgIpc) is 2.92. The minimum atomic E-state index is 0.0566. The Balaban J connectivity index is 1.67. The number of aromatic nitrogens is 3. The molecule has 0 saturated carbocycles. The molecule has 0 bridgehead atoms. The van der Waals surface area contributed by atoms with Crippen LogP contribution in [0.25, 0.3) is 0 Å². The van der Waals surface area contributed by atoms with Crippen molar-refractivity contribution in [2.45, 2.75) is 26.4 Å². The van der Waals surface area contributed by atoms with Gasteiger partial charge >= 0.3 is 0 Å². The van der Waals surface area contributed by atoms with Crippen LogP contribution in [0.2, 0.25) is 0 Å². The summed E-state index contributed by atoms with van der Waals surface area (Å²) in [4.78, 5) is 20.5. The number of likely N-dealkylation sites (N-methyl/N-ethyl adjacent to an activating group) is 1. The highest BCUT2D eigenvalue weighted by Crippen LogP contribution is 2.00. The maximum atomic E-state index is 12.0. The van der Waals surface area contributed by atoms with Gasteiger partial charge in [0, 0.05) is 32.2 Å². The Kier molecular flexibility index (Phi) is 5.49. The van der Waals surface area contributed by atoms with Crippen LogP contribution < -0.4 is 5.32 Å². The van der Waals surface area contributed by atoms with Gasteiger partial charge in [-0.2, -0.15) is 5.10 Å². The van der Waals surface area contributed by atoms with Crippen molar-refractivity contribution < 1.29 is 4.79 Å². The standard InChI is InChI=1S/C13H24N6O/c1-3-17-4-6-18(7-5-17)9-13(20)16-12(2)8-19-11-14-10-15-19/h10-12H,3-9H2,1-2H3,(H,16,20)/t12-/m1/s1. The van der Waals surface area contributed by atoms with Crippen LogP contribution in [0.4, 0.5) is 0 Å². The van der Waals surface area contributed by atoms with E-state index in [0.717, 1.165) is 32.7 Å². The zero-order valence-electron chi connectivity index (χ0n) is 12.3. The van der Waals surface area contributed by atoms with Gasteiger partial charge in [0.25, 0.3) is 0 Å². The van der Waals surface area contributed by atoms with Crippen LogP contribution in [0.15, 0.2) is 12.7 Å². The molecule has 112 valence electrons. The molecule has 1 atom stereocenters. The van der Waals surface area contributed by atoms with Crippen LogP contribution in [0, 0.1) is 0 Å². The van der Waals surface area contributed by atoms with E-state index in [4.69, 9.17) is 0 Å². The predicted octanol–water partition coefficient (Wildman–Crippen LogP) is -0.580. The number of rotatable bonds is 6. The van der Waals surface area contributed by atoms with Crippen LogP contribution in [-0.4, -0.2) is 75.8 Å². The zero-order valence-corrected chi connectivity index (χ0v) is 12.3. The van der Waals surface area contributed by atoms with Crippen molar-refractivity contribution in [2.24, 2.45) is 0 Å². The van der Waals surface area contributed by atoms with Crippen molar-refractivity contribution in [1.29, 1.82) is 0 Å². The number of carbonyl (C=O) groups excluding carboxylic acids is 1. The Bertz CT molecular complexity index is 399. The highest BCUT2D eigenvalue weighted by atomic mass is 16.2. The summed E-state index contributed by atoms with van der Waals surface area (Å²) < 4.78 is 1.73. The number of nitrogens with one attached hydrogen (secondary N) is 1. The topological polar surface area (TPSA) is 66.3 Å². The molecule has 1 aliphatic rings. The first-order chi connectivity index (χ1) is 9.67. The number of carbonyl (C=O) groups is 1. The molecule has 1 aromatic rings. The van der Waals surface area contributed by atoms with E-state index in [1.54, 1.807) is 11.0 Å². The summed E-state index contributed by atoms with van der Waals surface area (Å²) in [6.45, 7) is 10.4. The normalized spacial score (nSPS) is 18.9. The predicted molar refractivity (Wildman–Crippen MR) is 76.2 cm³/mol. The molecule has 7 nitrogen and oxygen atoms in total. The van der Waals surface area contributed by atoms with Crippen molar-refractivity contribution in [3.63, 3.8) is 0 Å². The van der Waals surface area contributed by atoms with Gasteiger partial charge in [0.15, 0.2) is 0 Å². The van der Waals surface area contributed by atoms with Gasteiger partial charge in [0.1, 0.15) is 12.7 Å². The van der Waals surface area contributed by atoms with Crippen molar-refractivity contribution in [3.05, 3.63) is 12.7 Å². The monoisotopic (exact) mass is 280 g/mol. The Labute approximate surface area is 119 Å². The largest absolute Gasteiger partial charge is 0.351 e. The SMILES string of the molecule is CCN1CCN(CC(=O)N[C@H](C)Cn2cncn2)CC1. The number of hydrogen-bond donors (Lipinski definition) is 1. The fourth-order valence-electron chi connectivity index (χ4n) is 2.44. The number of piperazine rings is 1. The van der Waals surface area contributed by atoms with Crippen molar-refractivity contribution in [2.75, 3.05) is 39.3 Å². The molecule has 1 saturated heterocycles. The molecule has 2 heterocycles. The molecule has 7 heteroatoms. The first-order valence-electron chi connectivity index (χ1n) is 7.24. The van der Waals surface area contributed by atoms with E-state index >= 15 is 0 Å². The molecule has 20 heavy (non-hydrogen) atoms. The zero-order chi connectivity index (χ0) is 14.4. The Morgan fingerprint density at radius 3 is 2.60 bits per heavy atom. The van der Waals surface area contributed by atoms with Gasteiger partial charge in [0.2, 0.25) is 5.91 Å². The van der Waals surface area contributed by atoms with E-state index in [0.29, 0.717) is 13.1 Å². The second-order valence-electron chi connectivity index (χ2n) is 5.30. The Hall–Kier alpha value is -1.47. The van der Waals surface area contributed by atoms with E-state index in [2.05, 4.69) is 32.1 Å². The first-order valence-corrected chi connectivity index (χ1v) is 7.24. The maximum absolute atomic E-state index is 12.0. The van der Waals surface area contributed by atoms with Gasteiger partial charge in [0.05, 0.1) is 13.1 Å². The summed E-state index contributed by atoms with van der Waals surface area (Å²) in [7, 11) is 0. The molecule has 2 rings (SSSR count). The van der Waals surface area contributed by atoms with Crippen LogP contribution in [0.5, 0.6) is 0 Å². The lowest BCUT2D eigenvalue weighted by molar-refractivity contribution is -0.123. The molecule has 0 aromatic carbocycles. The minimum Gasteiger partial charge on any atom is -0.351 e. The molecule has 0 spiro atoms. The maximum Gasteiger partial charge on any atom is 0.234 e. The summed E-state index contributed by atoms with van der Waals surface area (Å²) in [6, 6.07) is 0.0566. The number of amides is 1. The van der Waals surface area contributed by atoms with Crippen molar-refractivity contribution >= 4 is 5.91 Å². The van der Waals surface area contributed by atoms with Gasteiger partial charge in [-0.05, 0) is 13.5 Å². The lowest BCUT2D eigenvalue weighted by Crippen LogP contribution is -2.50. The van der Waals surface area contributed by atoms with Crippen LogP contribution >= 0.6 is 0 Å². The van der Waals surface area contributed by atoms with E-state index in [1.165, 1.54) is 6.33 Å². The Morgan fingerprint density at radius 1 is 1.30 bits per heavy atom. The molecule has 1 aromatic heterocycles. The molecule has 0 aliphatic carbocycles. The second kappa shape index (κ2) is 7.35. The number of hydrogen-bond acceptors (Lipinski definition) is 5. The van der Waals surface area contributed by atoms with Crippen LogP contribution in [0.3, 0.4) is 0 Å². The summed E-state index contributed by atoms with van der Waals surface area (Å²) >= 11 is 0. The quantitative estimate of drug-likeness (QED) is 0.755. The van der Waals surface area contributed by atoms with Crippen LogP contribution in [-0.2, 0) is 11.3 Å². The summed E-state index contributed by atoms with van der Waals surface area (Å²) in [5, 5.41) is 7.04. The lowest BCUT2D eigenvalue weighted by Gasteiger charge is -2.33. The second-order valence-corrected chi connectivity index (χ2v) is 5.30. The molecular weight excluding hydrogens is 256 g/mol. The van der Waals surface area contributed by atoms with E-state index < -0.39 is 0 Å².